The molecule has 0 bridgehead atoms. The van der Waals surface area contributed by atoms with E-state index in [1.165, 1.54) is 11.8 Å². The molecule has 0 aliphatic carbocycles. The molecule has 108 valence electrons. The van der Waals surface area contributed by atoms with Crippen LogP contribution in [-0.4, -0.2) is 46.5 Å². The fourth-order valence-corrected chi connectivity index (χ4v) is 2.81. The Morgan fingerprint density at radius 3 is 2.80 bits per heavy atom. The smallest absolute Gasteiger partial charge is 0.281 e. The molecule has 1 aromatic rings. The first kappa shape index (κ1) is 14.9. The minimum absolute atomic E-state index is 0.0436. The number of carbonyl (C=O) groups excluding carboxylic acids is 2. The second kappa shape index (κ2) is 7.31. The highest BCUT2D eigenvalue weighted by Gasteiger charge is 2.21. The highest BCUT2D eigenvalue weighted by atomic mass is 32.2. The van der Waals surface area contributed by atoms with Gasteiger partial charge in [-0.2, -0.15) is 0 Å². The number of carbonyl (C=O) groups is 2. The van der Waals surface area contributed by atoms with Crippen molar-refractivity contribution in [3.05, 3.63) is 35.9 Å². The van der Waals surface area contributed by atoms with E-state index in [1.54, 1.807) is 4.90 Å². The fraction of sp³-hybridized carbons (Fsp3) is 0.429. The van der Waals surface area contributed by atoms with Crippen molar-refractivity contribution in [3.63, 3.8) is 0 Å². The zero-order chi connectivity index (χ0) is 14.4. The van der Waals surface area contributed by atoms with E-state index < -0.39 is 6.10 Å². The van der Waals surface area contributed by atoms with Gasteiger partial charge in [-0.15, -0.1) is 0 Å². The number of hydrogen-bond acceptors (Lipinski definition) is 4. The van der Waals surface area contributed by atoms with Gasteiger partial charge in [0.15, 0.2) is 0 Å². The van der Waals surface area contributed by atoms with Gasteiger partial charge in [-0.05, 0) is 5.56 Å². The Morgan fingerprint density at radius 1 is 1.40 bits per heavy atom. The molecule has 0 saturated carbocycles. The molecule has 1 aliphatic rings. The maximum absolute atomic E-state index is 11.7. The van der Waals surface area contributed by atoms with Gasteiger partial charge in [0.05, 0.1) is 6.10 Å². The molecule has 2 amide bonds. The van der Waals surface area contributed by atoms with E-state index in [1.807, 2.05) is 30.3 Å². The van der Waals surface area contributed by atoms with Crippen molar-refractivity contribution in [3.8, 4) is 0 Å². The van der Waals surface area contributed by atoms with Crippen LogP contribution in [0.25, 0.3) is 0 Å². The first-order valence-electron chi connectivity index (χ1n) is 6.58. The van der Waals surface area contributed by atoms with Gasteiger partial charge in [-0.25, -0.2) is 0 Å². The van der Waals surface area contributed by atoms with Crippen molar-refractivity contribution in [1.29, 1.82) is 0 Å². The quantitative estimate of drug-likeness (QED) is 0.832. The molecule has 6 heteroatoms. The van der Waals surface area contributed by atoms with Crippen LogP contribution >= 0.6 is 11.8 Å². The lowest BCUT2D eigenvalue weighted by atomic mass is 10.1. The molecule has 1 aromatic carbocycles. The molecule has 0 radical (unpaired) electrons. The highest BCUT2D eigenvalue weighted by Crippen LogP contribution is 2.17. The summed E-state index contributed by atoms with van der Waals surface area (Å²) in [6, 6.07) is 9.20. The summed E-state index contributed by atoms with van der Waals surface area (Å²) in [6.45, 7) is 1.34. The lowest BCUT2D eigenvalue weighted by Crippen LogP contribution is -2.33. The Balaban J connectivity index is 1.68. The first-order chi connectivity index (χ1) is 9.66. The van der Waals surface area contributed by atoms with Crippen LogP contribution in [0.3, 0.4) is 0 Å². The second-order valence-corrected chi connectivity index (χ2v) is 5.63. The average Bonchev–Trinajstić information content (AvgIpc) is 2.89. The van der Waals surface area contributed by atoms with E-state index in [0.717, 1.165) is 11.3 Å². The summed E-state index contributed by atoms with van der Waals surface area (Å²) in [5.74, 6) is 0.650. The van der Waals surface area contributed by atoms with Gasteiger partial charge in [0.25, 0.3) is 5.24 Å². The molecular formula is C14H18N2O3S. The predicted octanol–water partition coefficient (Wildman–Crippen LogP) is 1.40. The zero-order valence-corrected chi connectivity index (χ0v) is 11.9. The standard InChI is InChI=1S/C14H18N2O3S/c17-12(11-4-2-1-3-5-11)10-15-13(18)6-7-16-8-9-20-14(16)19/h1-5,12,17H,6-10H2,(H,15,18). The minimum atomic E-state index is -0.705. The summed E-state index contributed by atoms with van der Waals surface area (Å²) in [6.07, 6.45) is -0.433. The summed E-state index contributed by atoms with van der Waals surface area (Å²) in [4.78, 5) is 24.7. The van der Waals surface area contributed by atoms with Gasteiger partial charge in [0, 0.05) is 31.8 Å². The number of nitrogens with one attached hydrogen (secondary N) is 1. The number of amides is 2. The van der Waals surface area contributed by atoms with Crippen LogP contribution < -0.4 is 5.32 Å². The van der Waals surface area contributed by atoms with Crippen molar-refractivity contribution in [2.75, 3.05) is 25.4 Å². The number of aliphatic hydroxyl groups excluding tert-OH is 1. The lowest BCUT2D eigenvalue weighted by molar-refractivity contribution is -0.121. The number of benzene rings is 1. The van der Waals surface area contributed by atoms with Crippen LogP contribution in [0.15, 0.2) is 30.3 Å². The van der Waals surface area contributed by atoms with E-state index in [-0.39, 0.29) is 24.1 Å². The minimum Gasteiger partial charge on any atom is -0.387 e. The maximum atomic E-state index is 11.7. The van der Waals surface area contributed by atoms with Crippen molar-refractivity contribution >= 4 is 22.9 Å². The van der Waals surface area contributed by atoms with Crippen molar-refractivity contribution in [1.82, 2.24) is 10.2 Å². The molecule has 1 atom stereocenters. The summed E-state index contributed by atoms with van der Waals surface area (Å²) in [5, 5.41) is 12.6. The Bertz CT molecular complexity index is 467. The largest absolute Gasteiger partial charge is 0.387 e. The molecule has 2 N–H and O–H groups in total. The molecule has 0 aromatic heterocycles. The van der Waals surface area contributed by atoms with Gasteiger partial charge in [0.1, 0.15) is 0 Å². The number of nitrogens with zero attached hydrogens (tertiary/aromatic N) is 1. The SMILES string of the molecule is O=C(CCN1CCSC1=O)NCC(O)c1ccccc1. The van der Waals surface area contributed by atoms with Crippen LogP contribution in [0.2, 0.25) is 0 Å². The van der Waals surface area contributed by atoms with Crippen LogP contribution in [0.1, 0.15) is 18.1 Å². The van der Waals surface area contributed by atoms with Crippen LogP contribution in [0.5, 0.6) is 0 Å². The highest BCUT2D eigenvalue weighted by molar-refractivity contribution is 8.13. The third kappa shape index (κ3) is 4.25. The average molecular weight is 294 g/mol. The summed E-state index contributed by atoms with van der Waals surface area (Å²) >= 11 is 1.29. The van der Waals surface area contributed by atoms with E-state index >= 15 is 0 Å². The number of aliphatic hydroxyl groups is 1. The van der Waals surface area contributed by atoms with Crippen LogP contribution in [-0.2, 0) is 4.79 Å². The fourth-order valence-electron chi connectivity index (χ4n) is 1.96. The molecular weight excluding hydrogens is 276 g/mol. The Hall–Kier alpha value is -1.53. The van der Waals surface area contributed by atoms with Crippen molar-refractivity contribution < 1.29 is 14.7 Å². The van der Waals surface area contributed by atoms with Gasteiger partial charge < -0.3 is 15.3 Å². The van der Waals surface area contributed by atoms with Crippen molar-refractivity contribution in [2.45, 2.75) is 12.5 Å². The Labute approximate surface area is 122 Å². The van der Waals surface area contributed by atoms with Gasteiger partial charge >= 0.3 is 0 Å². The van der Waals surface area contributed by atoms with Gasteiger partial charge in [-0.3, -0.25) is 9.59 Å². The Kier molecular flexibility index (Phi) is 5.43. The normalized spacial score (nSPS) is 16.2. The van der Waals surface area contributed by atoms with E-state index in [4.69, 9.17) is 0 Å². The second-order valence-electron chi connectivity index (χ2n) is 4.58. The third-order valence-corrected chi connectivity index (χ3v) is 4.02. The monoisotopic (exact) mass is 294 g/mol. The zero-order valence-electron chi connectivity index (χ0n) is 11.1. The molecule has 1 saturated heterocycles. The Morgan fingerprint density at radius 2 is 2.15 bits per heavy atom. The molecule has 1 unspecified atom stereocenters. The molecule has 20 heavy (non-hydrogen) atoms. The topological polar surface area (TPSA) is 69.6 Å². The molecule has 1 aliphatic heterocycles. The number of rotatable bonds is 6. The van der Waals surface area contributed by atoms with E-state index in [9.17, 15) is 14.7 Å². The number of thioether (sulfide) groups is 1. The lowest BCUT2D eigenvalue weighted by Gasteiger charge is -2.15. The van der Waals surface area contributed by atoms with E-state index in [2.05, 4.69) is 5.32 Å². The third-order valence-electron chi connectivity index (χ3n) is 3.13. The van der Waals surface area contributed by atoms with Crippen molar-refractivity contribution in [2.24, 2.45) is 0 Å². The van der Waals surface area contributed by atoms with Crippen LogP contribution in [0.4, 0.5) is 4.79 Å². The first-order valence-corrected chi connectivity index (χ1v) is 7.57. The molecule has 1 fully saturated rings. The van der Waals surface area contributed by atoms with Crippen LogP contribution in [0, 0.1) is 0 Å². The summed E-state index contributed by atoms with van der Waals surface area (Å²) in [5.41, 5.74) is 0.777. The predicted molar refractivity (Wildman–Crippen MR) is 78.5 cm³/mol. The molecule has 0 spiro atoms. The molecule has 5 nitrogen and oxygen atoms in total. The number of hydrogen-bond donors (Lipinski definition) is 2. The van der Waals surface area contributed by atoms with E-state index in [0.29, 0.717) is 13.1 Å². The maximum Gasteiger partial charge on any atom is 0.281 e. The molecule has 1 heterocycles. The summed E-state index contributed by atoms with van der Waals surface area (Å²) in [7, 11) is 0. The van der Waals surface area contributed by atoms with Gasteiger partial charge in [0.2, 0.25) is 5.91 Å². The summed E-state index contributed by atoms with van der Waals surface area (Å²) < 4.78 is 0. The molecule has 2 rings (SSSR count). The van der Waals surface area contributed by atoms with Gasteiger partial charge in [-0.1, -0.05) is 42.1 Å².